The Kier molecular flexibility index (Phi) is 3.81. The van der Waals surface area contributed by atoms with Crippen molar-refractivity contribution in [1.29, 1.82) is 5.26 Å². The number of amides is 1. The Hall–Kier alpha value is -3.40. The number of benzene rings is 1. The fourth-order valence-corrected chi connectivity index (χ4v) is 1.81. The van der Waals surface area contributed by atoms with E-state index in [1.54, 1.807) is 41.1 Å². The van der Waals surface area contributed by atoms with Crippen molar-refractivity contribution in [2.24, 2.45) is 5.73 Å². The largest absolute Gasteiger partial charge is 0.365 e. The highest BCUT2D eigenvalue weighted by atomic mass is 16.6. The third-order valence-electron chi connectivity index (χ3n) is 2.78. The molecule has 7 nitrogen and oxygen atoms in total. The Labute approximate surface area is 119 Å². The second-order valence-corrected chi connectivity index (χ2v) is 4.11. The summed E-state index contributed by atoms with van der Waals surface area (Å²) in [7, 11) is 0. The molecule has 2 aromatic rings. The fourth-order valence-electron chi connectivity index (χ4n) is 1.81. The van der Waals surface area contributed by atoms with Gasteiger partial charge in [0.15, 0.2) is 0 Å². The Morgan fingerprint density at radius 3 is 2.76 bits per heavy atom. The van der Waals surface area contributed by atoms with Gasteiger partial charge >= 0.3 is 0 Å². The monoisotopic (exact) mass is 282 g/mol. The number of carbonyl (C=O) groups is 1. The molecule has 2 rings (SSSR count). The predicted octanol–water partition coefficient (Wildman–Crippen LogP) is 1.78. The van der Waals surface area contributed by atoms with Crippen LogP contribution in [-0.4, -0.2) is 15.4 Å². The highest BCUT2D eigenvalue weighted by molar-refractivity contribution is 6.00. The number of nitro benzene ring substituents is 1. The molecule has 0 spiro atoms. The summed E-state index contributed by atoms with van der Waals surface area (Å²) in [4.78, 5) is 21.4. The summed E-state index contributed by atoms with van der Waals surface area (Å²) in [5.41, 5.74) is 5.91. The number of non-ortho nitro benzene ring substituents is 1. The van der Waals surface area contributed by atoms with Crippen LogP contribution in [0.5, 0.6) is 0 Å². The standard InChI is InChI=1S/C14H10N4O3/c15-9-10(14(16)19)7-11-5-2-6-17(11)12-3-1-4-13(8-12)18(20)21/h1-8H,(H2,16,19)/b10-7-. The number of aromatic nitrogens is 1. The molecule has 0 radical (unpaired) electrons. The van der Waals surface area contributed by atoms with Gasteiger partial charge in [0.1, 0.15) is 11.6 Å². The van der Waals surface area contributed by atoms with Crippen LogP contribution in [-0.2, 0) is 4.79 Å². The molecule has 0 saturated carbocycles. The first-order valence-corrected chi connectivity index (χ1v) is 5.86. The van der Waals surface area contributed by atoms with Crippen molar-refractivity contribution >= 4 is 17.7 Å². The normalized spacial score (nSPS) is 10.9. The summed E-state index contributed by atoms with van der Waals surface area (Å²) in [6, 6.07) is 11.1. The molecule has 2 N–H and O–H groups in total. The average Bonchev–Trinajstić information content (AvgIpc) is 2.92. The molecule has 104 valence electrons. The third kappa shape index (κ3) is 2.96. The summed E-state index contributed by atoms with van der Waals surface area (Å²) >= 11 is 0. The number of nitriles is 1. The SMILES string of the molecule is N#C/C(=C/c1cccn1-c1cccc([N+](=O)[O-])c1)C(N)=O. The van der Waals surface area contributed by atoms with Crippen molar-refractivity contribution < 1.29 is 9.72 Å². The lowest BCUT2D eigenvalue weighted by molar-refractivity contribution is -0.384. The maximum atomic E-state index is 11.1. The molecule has 0 atom stereocenters. The van der Waals surface area contributed by atoms with E-state index < -0.39 is 10.8 Å². The highest BCUT2D eigenvalue weighted by Gasteiger charge is 2.10. The highest BCUT2D eigenvalue weighted by Crippen LogP contribution is 2.20. The lowest BCUT2D eigenvalue weighted by Gasteiger charge is -2.06. The van der Waals surface area contributed by atoms with Crippen LogP contribution in [0, 0.1) is 21.4 Å². The molecule has 0 fully saturated rings. The molecule has 21 heavy (non-hydrogen) atoms. The van der Waals surface area contributed by atoms with Gasteiger partial charge in [0.25, 0.3) is 11.6 Å². The van der Waals surface area contributed by atoms with Gasteiger partial charge in [-0.05, 0) is 24.3 Å². The molecule has 0 aliphatic rings. The zero-order valence-electron chi connectivity index (χ0n) is 10.8. The van der Waals surface area contributed by atoms with Crippen LogP contribution in [0.25, 0.3) is 11.8 Å². The van der Waals surface area contributed by atoms with Crippen LogP contribution >= 0.6 is 0 Å². The number of nitrogens with zero attached hydrogens (tertiary/aromatic N) is 3. The molecule has 7 heteroatoms. The van der Waals surface area contributed by atoms with E-state index in [2.05, 4.69) is 0 Å². The number of hydrogen-bond acceptors (Lipinski definition) is 4. The Bertz CT molecular complexity index is 784. The second kappa shape index (κ2) is 5.71. The smallest absolute Gasteiger partial charge is 0.271 e. The first kappa shape index (κ1) is 14.0. The molecular formula is C14H10N4O3. The number of carbonyl (C=O) groups excluding carboxylic acids is 1. The number of nitro groups is 1. The topological polar surface area (TPSA) is 115 Å². The van der Waals surface area contributed by atoms with E-state index in [9.17, 15) is 14.9 Å². The van der Waals surface area contributed by atoms with Crippen LogP contribution in [0.15, 0.2) is 48.2 Å². The Morgan fingerprint density at radius 1 is 1.38 bits per heavy atom. The van der Waals surface area contributed by atoms with Gasteiger partial charge in [-0.2, -0.15) is 5.26 Å². The zero-order chi connectivity index (χ0) is 15.4. The van der Waals surface area contributed by atoms with Gasteiger partial charge in [-0.3, -0.25) is 14.9 Å². The van der Waals surface area contributed by atoms with Crippen molar-refractivity contribution in [2.45, 2.75) is 0 Å². The molecular weight excluding hydrogens is 272 g/mol. The van der Waals surface area contributed by atoms with Gasteiger partial charge < -0.3 is 10.3 Å². The first-order valence-electron chi connectivity index (χ1n) is 5.86. The first-order chi connectivity index (χ1) is 10.0. The number of primary amides is 1. The van der Waals surface area contributed by atoms with Gasteiger partial charge in [0, 0.05) is 24.0 Å². The van der Waals surface area contributed by atoms with Crippen molar-refractivity contribution in [3.8, 4) is 11.8 Å². The number of rotatable bonds is 4. The Balaban J connectivity index is 2.51. The van der Waals surface area contributed by atoms with Crippen molar-refractivity contribution in [2.75, 3.05) is 0 Å². The second-order valence-electron chi connectivity index (χ2n) is 4.11. The van der Waals surface area contributed by atoms with Crippen LogP contribution in [0.4, 0.5) is 5.69 Å². The molecule has 1 amide bonds. The predicted molar refractivity (Wildman–Crippen MR) is 75.2 cm³/mol. The maximum Gasteiger partial charge on any atom is 0.271 e. The molecule has 1 aromatic carbocycles. The molecule has 0 saturated heterocycles. The number of hydrogen-bond donors (Lipinski definition) is 1. The van der Waals surface area contributed by atoms with E-state index >= 15 is 0 Å². The summed E-state index contributed by atoms with van der Waals surface area (Å²) in [5, 5.41) is 19.7. The van der Waals surface area contributed by atoms with E-state index in [1.165, 1.54) is 18.2 Å². The number of nitrogens with two attached hydrogens (primary N) is 1. The third-order valence-corrected chi connectivity index (χ3v) is 2.78. The van der Waals surface area contributed by atoms with E-state index in [0.717, 1.165) is 0 Å². The summed E-state index contributed by atoms with van der Waals surface area (Å²) in [5.74, 6) is -0.829. The minimum atomic E-state index is -0.829. The summed E-state index contributed by atoms with van der Waals surface area (Å²) in [6.07, 6.45) is 3.00. The van der Waals surface area contributed by atoms with Crippen molar-refractivity contribution in [3.63, 3.8) is 0 Å². The van der Waals surface area contributed by atoms with Gasteiger partial charge in [-0.1, -0.05) is 6.07 Å². The summed E-state index contributed by atoms with van der Waals surface area (Å²) < 4.78 is 1.62. The zero-order valence-corrected chi connectivity index (χ0v) is 10.8. The van der Waals surface area contributed by atoms with Crippen LogP contribution < -0.4 is 5.73 Å². The fraction of sp³-hybridized carbons (Fsp3) is 0. The quantitative estimate of drug-likeness (QED) is 0.398. The van der Waals surface area contributed by atoms with E-state index in [4.69, 9.17) is 11.0 Å². The lowest BCUT2D eigenvalue weighted by atomic mass is 10.2. The van der Waals surface area contributed by atoms with E-state index in [0.29, 0.717) is 11.4 Å². The van der Waals surface area contributed by atoms with Crippen molar-refractivity contribution in [3.05, 3.63) is 64.0 Å². The van der Waals surface area contributed by atoms with Crippen LogP contribution in [0.3, 0.4) is 0 Å². The van der Waals surface area contributed by atoms with Crippen LogP contribution in [0.1, 0.15) is 5.69 Å². The molecule has 0 aliphatic carbocycles. The Morgan fingerprint density at radius 2 is 2.14 bits per heavy atom. The van der Waals surface area contributed by atoms with Gasteiger partial charge in [0.2, 0.25) is 0 Å². The van der Waals surface area contributed by atoms with Gasteiger partial charge in [-0.15, -0.1) is 0 Å². The molecule has 1 aromatic heterocycles. The summed E-state index contributed by atoms with van der Waals surface area (Å²) in [6.45, 7) is 0. The average molecular weight is 282 g/mol. The molecule has 1 heterocycles. The minimum absolute atomic E-state index is 0.0495. The molecule has 0 bridgehead atoms. The van der Waals surface area contributed by atoms with Gasteiger partial charge in [0.05, 0.1) is 10.6 Å². The van der Waals surface area contributed by atoms with E-state index in [1.807, 2.05) is 0 Å². The minimum Gasteiger partial charge on any atom is -0.365 e. The van der Waals surface area contributed by atoms with Crippen LogP contribution in [0.2, 0.25) is 0 Å². The van der Waals surface area contributed by atoms with E-state index in [-0.39, 0.29) is 11.3 Å². The van der Waals surface area contributed by atoms with Crippen molar-refractivity contribution in [1.82, 2.24) is 4.57 Å². The lowest BCUT2D eigenvalue weighted by Crippen LogP contribution is -2.12. The molecule has 0 unspecified atom stereocenters. The maximum absolute atomic E-state index is 11.1. The molecule has 0 aliphatic heterocycles. The van der Waals surface area contributed by atoms with Gasteiger partial charge in [-0.25, -0.2) is 0 Å².